The highest BCUT2D eigenvalue weighted by Crippen LogP contribution is 2.29. The van der Waals surface area contributed by atoms with E-state index in [2.05, 4.69) is 4.98 Å². The van der Waals surface area contributed by atoms with Crippen molar-refractivity contribution in [1.82, 2.24) is 4.98 Å². The predicted octanol–water partition coefficient (Wildman–Crippen LogP) is 4.82. The third kappa shape index (κ3) is 3.03. The van der Waals surface area contributed by atoms with Gasteiger partial charge >= 0.3 is 0 Å². The van der Waals surface area contributed by atoms with Crippen LogP contribution in [0.5, 0.6) is 0 Å². The Bertz CT molecular complexity index is 783. The van der Waals surface area contributed by atoms with Gasteiger partial charge in [0.1, 0.15) is 0 Å². The Morgan fingerprint density at radius 2 is 1.95 bits per heavy atom. The second-order valence-electron chi connectivity index (χ2n) is 4.90. The average molecular weight is 318 g/mol. The standard InChI is InChI=1S/C17H13Cl2NO/c18-13-5-4-11(16(19)9-13)8-17(21)15-3-1-2-12-10-20-7-6-14(12)15/h1-7,9-10,17,21H,8H2. The van der Waals surface area contributed by atoms with E-state index in [9.17, 15) is 5.11 Å². The molecule has 0 saturated heterocycles. The van der Waals surface area contributed by atoms with Gasteiger partial charge in [-0.2, -0.15) is 0 Å². The molecule has 106 valence electrons. The third-order valence-electron chi connectivity index (χ3n) is 3.50. The average Bonchev–Trinajstić information content (AvgIpc) is 2.49. The van der Waals surface area contributed by atoms with Gasteiger partial charge in [-0.1, -0.05) is 47.5 Å². The second kappa shape index (κ2) is 6.02. The van der Waals surface area contributed by atoms with Crippen LogP contribution in [-0.4, -0.2) is 10.1 Å². The largest absolute Gasteiger partial charge is 0.388 e. The molecule has 2 aromatic carbocycles. The number of benzene rings is 2. The van der Waals surface area contributed by atoms with Crippen molar-refractivity contribution in [3.8, 4) is 0 Å². The quantitative estimate of drug-likeness (QED) is 0.751. The molecule has 0 spiro atoms. The summed E-state index contributed by atoms with van der Waals surface area (Å²) in [5, 5.41) is 13.7. The molecule has 1 unspecified atom stereocenters. The van der Waals surface area contributed by atoms with Crippen molar-refractivity contribution in [3.05, 3.63) is 76.0 Å². The Balaban J connectivity index is 1.95. The molecule has 4 heteroatoms. The lowest BCUT2D eigenvalue weighted by Gasteiger charge is -2.14. The summed E-state index contributed by atoms with van der Waals surface area (Å²) < 4.78 is 0. The molecular weight excluding hydrogens is 305 g/mol. The molecule has 0 amide bonds. The molecule has 0 fully saturated rings. The van der Waals surface area contributed by atoms with Gasteiger partial charge in [0.25, 0.3) is 0 Å². The molecule has 0 saturated carbocycles. The van der Waals surface area contributed by atoms with Crippen molar-refractivity contribution >= 4 is 34.0 Å². The molecule has 0 bridgehead atoms. The van der Waals surface area contributed by atoms with Crippen LogP contribution >= 0.6 is 23.2 Å². The minimum Gasteiger partial charge on any atom is -0.388 e. The molecule has 0 aliphatic heterocycles. The van der Waals surface area contributed by atoms with E-state index >= 15 is 0 Å². The second-order valence-corrected chi connectivity index (χ2v) is 5.74. The van der Waals surface area contributed by atoms with Gasteiger partial charge in [0.2, 0.25) is 0 Å². The fraction of sp³-hybridized carbons (Fsp3) is 0.118. The number of aliphatic hydroxyl groups is 1. The molecule has 1 heterocycles. The Morgan fingerprint density at radius 3 is 2.76 bits per heavy atom. The summed E-state index contributed by atoms with van der Waals surface area (Å²) in [6.07, 6.45) is 3.33. The van der Waals surface area contributed by atoms with Crippen molar-refractivity contribution in [2.24, 2.45) is 0 Å². The number of aliphatic hydroxyl groups excluding tert-OH is 1. The fourth-order valence-electron chi connectivity index (χ4n) is 2.44. The van der Waals surface area contributed by atoms with Crippen molar-refractivity contribution in [2.45, 2.75) is 12.5 Å². The van der Waals surface area contributed by atoms with Crippen LogP contribution in [0.1, 0.15) is 17.2 Å². The first-order valence-corrected chi connectivity index (χ1v) is 7.35. The Morgan fingerprint density at radius 1 is 1.10 bits per heavy atom. The summed E-state index contributed by atoms with van der Waals surface area (Å²) in [5.41, 5.74) is 1.75. The van der Waals surface area contributed by atoms with E-state index in [0.29, 0.717) is 16.5 Å². The maximum Gasteiger partial charge on any atom is 0.0836 e. The van der Waals surface area contributed by atoms with E-state index in [1.807, 2.05) is 30.3 Å². The smallest absolute Gasteiger partial charge is 0.0836 e. The van der Waals surface area contributed by atoms with Crippen LogP contribution in [-0.2, 0) is 6.42 Å². The van der Waals surface area contributed by atoms with Crippen LogP contribution in [0, 0.1) is 0 Å². The highest BCUT2D eigenvalue weighted by Gasteiger charge is 2.13. The van der Waals surface area contributed by atoms with Crippen LogP contribution in [0.4, 0.5) is 0 Å². The van der Waals surface area contributed by atoms with Crippen LogP contribution < -0.4 is 0 Å². The number of aromatic nitrogens is 1. The molecule has 0 aliphatic carbocycles. The van der Waals surface area contributed by atoms with Crippen molar-refractivity contribution < 1.29 is 5.11 Å². The number of hydrogen-bond donors (Lipinski definition) is 1. The molecular formula is C17H13Cl2NO. The van der Waals surface area contributed by atoms with E-state index in [-0.39, 0.29) is 0 Å². The molecule has 1 atom stereocenters. The Hall–Kier alpha value is -1.61. The highest BCUT2D eigenvalue weighted by atomic mass is 35.5. The zero-order valence-corrected chi connectivity index (χ0v) is 12.6. The van der Waals surface area contributed by atoms with E-state index in [4.69, 9.17) is 23.2 Å². The van der Waals surface area contributed by atoms with Crippen LogP contribution in [0.3, 0.4) is 0 Å². The SMILES string of the molecule is OC(Cc1ccc(Cl)cc1Cl)c1cccc2cnccc12. The van der Waals surface area contributed by atoms with Crippen molar-refractivity contribution in [3.63, 3.8) is 0 Å². The number of rotatable bonds is 3. The van der Waals surface area contributed by atoms with Gasteiger partial charge < -0.3 is 5.11 Å². The summed E-state index contributed by atoms with van der Waals surface area (Å²) >= 11 is 12.1. The van der Waals surface area contributed by atoms with E-state index in [1.165, 1.54) is 0 Å². The fourth-order valence-corrected chi connectivity index (χ4v) is 2.93. The summed E-state index contributed by atoms with van der Waals surface area (Å²) in [7, 11) is 0. The summed E-state index contributed by atoms with van der Waals surface area (Å²) in [6.45, 7) is 0. The predicted molar refractivity (Wildman–Crippen MR) is 86.9 cm³/mol. The number of halogens is 2. The summed E-state index contributed by atoms with van der Waals surface area (Å²) in [4.78, 5) is 4.10. The zero-order chi connectivity index (χ0) is 14.8. The normalized spacial score (nSPS) is 12.5. The lowest BCUT2D eigenvalue weighted by Crippen LogP contribution is -2.03. The molecule has 0 radical (unpaired) electrons. The van der Waals surface area contributed by atoms with E-state index in [0.717, 1.165) is 21.9 Å². The summed E-state index contributed by atoms with van der Waals surface area (Å²) in [6, 6.07) is 13.1. The van der Waals surface area contributed by atoms with Crippen LogP contribution in [0.25, 0.3) is 10.8 Å². The van der Waals surface area contributed by atoms with Gasteiger partial charge in [-0.3, -0.25) is 4.98 Å². The lowest BCUT2D eigenvalue weighted by atomic mass is 9.97. The molecule has 2 nitrogen and oxygen atoms in total. The van der Waals surface area contributed by atoms with Gasteiger partial charge in [-0.15, -0.1) is 0 Å². The lowest BCUT2D eigenvalue weighted by molar-refractivity contribution is 0.180. The first-order chi connectivity index (χ1) is 10.1. The van der Waals surface area contributed by atoms with Crippen molar-refractivity contribution in [2.75, 3.05) is 0 Å². The molecule has 0 aliphatic rings. The highest BCUT2D eigenvalue weighted by molar-refractivity contribution is 6.35. The third-order valence-corrected chi connectivity index (χ3v) is 4.09. The van der Waals surface area contributed by atoms with Gasteiger partial charge in [0.15, 0.2) is 0 Å². The molecule has 1 N–H and O–H groups in total. The van der Waals surface area contributed by atoms with E-state index < -0.39 is 6.10 Å². The maximum atomic E-state index is 10.6. The summed E-state index contributed by atoms with van der Waals surface area (Å²) in [5.74, 6) is 0. The number of pyridine rings is 1. The van der Waals surface area contributed by atoms with Gasteiger partial charge in [0.05, 0.1) is 6.10 Å². The van der Waals surface area contributed by atoms with Crippen LogP contribution in [0.15, 0.2) is 54.9 Å². The molecule has 3 aromatic rings. The van der Waals surface area contributed by atoms with Gasteiger partial charge in [0, 0.05) is 34.2 Å². The molecule has 1 aromatic heterocycles. The minimum atomic E-state index is -0.630. The number of hydrogen-bond acceptors (Lipinski definition) is 2. The number of nitrogens with zero attached hydrogens (tertiary/aromatic N) is 1. The Labute approximate surface area is 133 Å². The maximum absolute atomic E-state index is 10.6. The van der Waals surface area contributed by atoms with Crippen LogP contribution in [0.2, 0.25) is 10.0 Å². The first kappa shape index (κ1) is 14.3. The minimum absolute atomic E-state index is 0.442. The molecule has 21 heavy (non-hydrogen) atoms. The molecule has 3 rings (SSSR count). The monoisotopic (exact) mass is 317 g/mol. The topological polar surface area (TPSA) is 33.1 Å². The zero-order valence-electron chi connectivity index (χ0n) is 11.1. The van der Waals surface area contributed by atoms with E-state index in [1.54, 1.807) is 24.5 Å². The van der Waals surface area contributed by atoms with Crippen molar-refractivity contribution in [1.29, 1.82) is 0 Å². The number of fused-ring (bicyclic) bond motifs is 1. The first-order valence-electron chi connectivity index (χ1n) is 6.60. The van der Waals surface area contributed by atoms with Gasteiger partial charge in [-0.05, 0) is 34.7 Å². The Kier molecular flexibility index (Phi) is 4.11. The van der Waals surface area contributed by atoms with Gasteiger partial charge in [-0.25, -0.2) is 0 Å².